The van der Waals surface area contributed by atoms with E-state index in [1.165, 1.54) is 17.7 Å². The number of rotatable bonds is 4. The van der Waals surface area contributed by atoms with Crippen molar-refractivity contribution in [3.8, 4) is 5.75 Å². The third-order valence-electron chi connectivity index (χ3n) is 4.48. The van der Waals surface area contributed by atoms with E-state index in [0.29, 0.717) is 12.4 Å². The number of aryl methyl sites for hydroxylation is 1. The number of nitrogens with zero attached hydrogens (tertiary/aromatic N) is 2. The summed E-state index contributed by atoms with van der Waals surface area (Å²) in [5, 5.41) is 4.63. The van der Waals surface area contributed by atoms with Gasteiger partial charge in [-0.3, -0.25) is 5.43 Å². The van der Waals surface area contributed by atoms with Gasteiger partial charge in [0.1, 0.15) is 17.3 Å². The zero-order chi connectivity index (χ0) is 19.5. The Labute approximate surface area is 163 Å². The third kappa shape index (κ3) is 3.64. The summed E-state index contributed by atoms with van der Waals surface area (Å²) in [5.74, 6) is 1.04. The number of amidine groups is 1. The Balaban J connectivity index is 1.84. The highest BCUT2D eigenvalue weighted by atomic mass is 19.1. The number of hydrogen-bond acceptors (Lipinski definition) is 4. The molecule has 0 saturated carbocycles. The number of nitrogens with one attached hydrogen (secondary N) is 1. The minimum absolute atomic E-state index is 0.288. The first-order chi connectivity index (χ1) is 13.6. The van der Waals surface area contributed by atoms with Gasteiger partial charge in [-0.25, -0.2) is 9.38 Å². The van der Waals surface area contributed by atoms with Crippen LogP contribution >= 0.6 is 0 Å². The van der Waals surface area contributed by atoms with Crippen LogP contribution in [0.4, 0.5) is 10.1 Å². The van der Waals surface area contributed by atoms with Gasteiger partial charge >= 0.3 is 0 Å². The molecule has 4 rings (SSSR count). The molecule has 3 aromatic carbocycles. The summed E-state index contributed by atoms with van der Waals surface area (Å²) in [5.41, 5.74) is 8.39. The molecule has 0 atom stereocenters. The number of aliphatic imine (C=N–C) groups is 1. The van der Waals surface area contributed by atoms with E-state index in [1.54, 1.807) is 12.1 Å². The number of fused-ring (bicyclic) bond motifs is 1. The standard InChI is InChI=1S/C23H20FN3O/c1-3-28-19-12-13-21-20(14-19)22(16-6-4-15(2)5-7-16)26-27-23(25-21)17-8-10-18(24)11-9-17/h4-14H,3H2,1-2H3,(H,25,27). The molecule has 0 unspecified atom stereocenters. The quantitative estimate of drug-likeness (QED) is 0.702. The molecule has 1 heterocycles. The molecule has 5 heteroatoms. The van der Waals surface area contributed by atoms with Crippen molar-refractivity contribution in [1.82, 2.24) is 5.43 Å². The summed E-state index contributed by atoms with van der Waals surface area (Å²) in [4.78, 5) is 4.75. The van der Waals surface area contributed by atoms with Crippen LogP contribution in [0.15, 0.2) is 76.8 Å². The predicted molar refractivity (Wildman–Crippen MR) is 110 cm³/mol. The van der Waals surface area contributed by atoms with E-state index in [2.05, 4.69) is 22.7 Å². The minimum Gasteiger partial charge on any atom is -0.494 e. The van der Waals surface area contributed by atoms with E-state index >= 15 is 0 Å². The lowest BCUT2D eigenvalue weighted by Crippen LogP contribution is -2.19. The van der Waals surface area contributed by atoms with Crippen molar-refractivity contribution in [2.75, 3.05) is 6.61 Å². The third-order valence-corrected chi connectivity index (χ3v) is 4.48. The molecule has 140 valence electrons. The molecule has 0 bridgehead atoms. The molecular weight excluding hydrogens is 353 g/mol. The number of halogens is 1. The highest BCUT2D eigenvalue weighted by molar-refractivity contribution is 6.18. The van der Waals surface area contributed by atoms with Crippen molar-refractivity contribution in [2.45, 2.75) is 13.8 Å². The van der Waals surface area contributed by atoms with Crippen molar-refractivity contribution in [3.05, 3.63) is 94.8 Å². The second kappa shape index (κ2) is 7.64. The van der Waals surface area contributed by atoms with Gasteiger partial charge in [-0.15, -0.1) is 0 Å². The Hall–Kier alpha value is -3.47. The van der Waals surface area contributed by atoms with Gasteiger partial charge in [0.25, 0.3) is 0 Å². The Morgan fingerprint density at radius 1 is 0.929 bits per heavy atom. The zero-order valence-corrected chi connectivity index (χ0v) is 15.7. The van der Waals surface area contributed by atoms with Gasteiger partial charge in [0, 0.05) is 16.7 Å². The van der Waals surface area contributed by atoms with Crippen LogP contribution in [0.25, 0.3) is 0 Å². The molecule has 0 saturated heterocycles. The van der Waals surface area contributed by atoms with Crippen molar-refractivity contribution >= 4 is 17.2 Å². The molecule has 28 heavy (non-hydrogen) atoms. The van der Waals surface area contributed by atoms with Gasteiger partial charge in [-0.1, -0.05) is 29.8 Å². The Morgan fingerprint density at radius 3 is 2.36 bits per heavy atom. The van der Waals surface area contributed by atoms with Crippen LogP contribution in [0, 0.1) is 12.7 Å². The van der Waals surface area contributed by atoms with Gasteiger partial charge in [0.15, 0.2) is 5.84 Å². The summed E-state index contributed by atoms with van der Waals surface area (Å²) in [7, 11) is 0. The normalized spacial score (nSPS) is 13.0. The summed E-state index contributed by atoms with van der Waals surface area (Å²) >= 11 is 0. The predicted octanol–water partition coefficient (Wildman–Crippen LogP) is 4.97. The van der Waals surface area contributed by atoms with Gasteiger partial charge in [-0.05, 0) is 56.3 Å². The highest BCUT2D eigenvalue weighted by Crippen LogP contribution is 2.29. The van der Waals surface area contributed by atoms with Crippen LogP contribution in [0.1, 0.15) is 29.2 Å². The molecular formula is C23H20FN3O. The SMILES string of the molecule is CCOc1ccc2c(c1)C(c1ccc(C)cc1)=NNC(c1ccc(F)cc1)=N2. The van der Waals surface area contributed by atoms with Crippen LogP contribution < -0.4 is 10.2 Å². The van der Waals surface area contributed by atoms with Crippen LogP contribution in [0.3, 0.4) is 0 Å². The lowest BCUT2D eigenvalue weighted by Gasteiger charge is -2.10. The molecule has 1 aliphatic heterocycles. The lowest BCUT2D eigenvalue weighted by atomic mass is 9.99. The molecule has 0 radical (unpaired) electrons. The van der Waals surface area contributed by atoms with Crippen molar-refractivity contribution in [3.63, 3.8) is 0 Å². The summed E-state index contributed by atoms with van der Waals surface area (Å²) in [6, 6.07) is 20.1. The van der Waals surface area contributed by atoms with Crippen LogP contribution in [0.5, 0.6) is 5.75 Å². The fourth-order valence-corrected chi connectivity index (χ4v) is 3.04. The van der Waals surface area contributed by atoms with E-state index in [9.17, 15) is 4.39 Å². The molecule has 0 spiro atoms. The van der Waals surface area contributed by atoms with Gasteiger partial charge in [0.2, 0.25) is 0 Å². The molecule has 3 aromatic rings. The smallest absolute Gasteiger partial charge is 0.154 e. The average Bonchev–Trinajstić information content (AvgIpc) is 2.89. The van der Waals surface area contributed by atoms with Gasteiger partial charge < -0.3 is 4.74 Å². The van der Waals surface area contributed by atoms with Crippen molar-refractivity contribution in [1.29, 1.82) is 0 Å². The minimum atomic E-state index is -0.288. The summed E-state index contributed by atoms with van der Waals surface area (Å²) in [6.07, 6.45) is 0. The monoisotopic (exact) mass is 373 g/mol. The first kappa shape index (κ1) is 17.9. The fourth-order valence-electron chi connectivity index (χ4n) is 3.04. The van der Waals surface area contributed by atoms with Crippen molar-refractivity contribution in [2.24, 2.45) is 10.1 Å². The van der Waals surface area contributed by atoms with Gasteiger partial charge in [0.05, 0.1) is 12.3 Å². The largest absolute Gasteiger partial charge is 0.494 e. The van der Waals surface area contributed by atoms with E-state index in [-0.39, 0.29) is 5.82 Å². The van der Waals surface area contributed by atoms with Crippen LogP contribution in [-0.2, 0) is 0 Å². The van der Waals surface area contributed by atoms with E-state index in [1.807, 2.05) is 44.2 Å². The lowest BCUT2D eigenvalue weighted by molar-refractivity contribution is 0.340. The molecule has 0 aliphatic carbocycles. The first-order valence-electron chi connectivity index (χ1n) is 9.16. The Morgan fingerprint density at radius 2 is 1.64 bits per heavy atom. The molecule has 1 aliphatic rings. The number of hydrogen-bond donors (Lipinski definition) is 1. The van der Waals surface area contributed by atoms with E-state index < -0.39 is 0 Å². The average molecular weight is 373 g/mol. The maximum atomic E-state index is 13.3. The van der Waals surface area contributed by atoms with Gasteiger partial charge in [-0.2, -0.15) is 5.10 Å². The molecule has 0 fully saturated rings. The van der Waals surface area contributed by atoms with E-state index in [0.717, 1.165) is 33.8 Å². The Kier molecular flexibility index (Phi) is 4.89. The van der Waals surface area contributed by atoms with Crippen LogP contribution in [-0.4, -0.2) is 18.2 Å². The van der Waals surface area contributed by atoms with E-state index in [4.69, 9.17) is 9.73 Å². The molecule has 4 nitrogen and oxygen atoms in total. The Bertz CT molecular complexity index is 1050. The summed E-state index contributed by atoms with van der Waals surface area (Å²) < 4.78 is 19.0. The number of benzene rings is 3. The molecule has 0 aromatic heterocycles. The second-order valence-electron chi connectivity index (χ2n) is 6.52. The topological polar surface area (TPSA) is 46.0 Å². The molecule has 1 N–H and O–H groups in total. The van der Waals surface area contributed by atoms with Crippen molar-refractivity contribution < 1.29 is 9.13 Å². The van der Waals surface area contributed by atoms with Crippen LogP contribution in [0.2, 0.25) is 0 Å². The first-order valence-corrected chi connectivity index (χ1v) is 9.16. The summed E-state index contributed by atoms with van der Waals surface area (Å²) in [6.45, 7) is 4.58. The number of ether oxygens (including phenoxy) is 1. The number of hydrazone groups is 1. The highest BCUT2D eigenvalue weighted by Gasteiger charge is 2.18. The zero-order valence-electron chi connectivity index (χ0n) is 15.7. The molecule has 0 amide bonds. The second-order valence-corrected chi connectivity index (χ2v) is 6.52. The fraction of sp³-hybridized carbons (Fsp3) is 0.130. The maximum Gasteiger partial charge on any atom is 0.154 e. The maximum absolute atomic E-state index is 13.3.